The average molecular weight is 644 g/mol. The molecule has 1 amide bonds. The maximum atomic E-state index is 13.0. The molecule has 2 heterocycles. The van der Waals surface area contributed by atoms with Crippen LogP contribution in [0.15, 0.2) is 84.6 Å². The predicted octanol–water partition coefficient (Wildman–Crippen LogP) is 4.16. The summed E-state index contributed by atoms with van der Waals surface area (Å²) in [7, 11) is 1.62. The Hall–Kier alpha value is -3.12. The number of aliphatic hydroxyl groups is 3. The first kappa shape index (κ1) is 39.1. The van der Waals surface area contributed by atoms with Crippen molar-refractivity contribution in [1.29, 1.82) is 0 Å². The van der Waals surface area contributed by atoms with Gasteiger partial charge in [0.15, 0.2) is 5.79 Å². The number of carbonyl (C=O) groups excluding carboxylic acids is 1. The summed E-state index contributed by atoms with van der Waals surface area (Å²) in [5.41, 5.74) is 0.295. The van der Waals surface area contributed by atoms with Crippen LogP contribution in [-0.2, 0) is 23.8 Å². The van der Waals surface area contributed by atoms with Gasteiger partial charge in [-0.3, -0.25) is 4.79 Å². The fourth-order valence-electron chi connectivity index (χ4n) is 5.57. The van der Waals surface area contributed by atoms with Crippen molar-refractivity contribution in [3.63, 3.8) is 0 Å². The van der Waals surface area contributed by atoms with E-state index in [1.165, 1.54) is 6.08 Å². The van der Waals surface area contributed by atoms with E-state index in [0.717, 1.165) is 11.6 Å². The molecule has 9 atom stereocenters. The molecule has 2 saturated heterocycles. The molecule has 2 aliphatic heterocycles. The van der Waals surface area contributed by atoms with Crippen molar-refractivity contribution in [2.75, 3.05) is 13.7 Å². The van der Waals surface area contributed by atoms with Crippen molar-refractivity contribution < 1.29 is 44.2 Å². The SMILES string of the molecule is C/C=C/C=C/[C@@H]1O[C@](O)([C@H](C)C(=O)NC/C=C/C=C(/C)C(OC)C(C)C2CC(O)C(/C=C/C=C/C=C/C(=O)O)O2)C[C@H](O)C1(C)C. The number of methoxy groups -OCH3 is 1. The summed E-state index contributed by atoms with van der Waals surface area (Å²) in [5, 5.41) is 44.0. The van der Waals surface area contributed by atoms with Gasteiger partial charge in [-0.25, -0.2) is 4.79 Å². The third-order valence-electron chi connectivity index (χ3n) is 8.78. The summed E-state index contributed by atoms with van der Waals surface area (Å²) in [6, 6.07) is 0. The maximum absolute atomic E-state index is 13.0. The van der Waals surface area contributed by atoms with E-state index in [4.69, 9.17) is 19.3 Å². The smallest absolute Gasteiger partial charge is 0.328 e. The first-order valence-electron chi connectivity index (χ1n) is 15.8. The number of aliphatic hydroxyl groups excluding tert-OH is 2. The summed E-state index contributed by atoms with van der Waals surface area (Å²) >= 11 is 0. The van der Waals surface area contributed by atoms with E-state index < -0.39 is 53.4 Å². The van der Waals surface area contributed by atoms with Crippen molar-refractivity contribution in [2.45, 2.75) is 96.8 Å². The molecule has 0 spiro atoms. The second-order valence-corrected chi connectivity index (χ2v) is 12.6. The van der Waals surface area contributed by atoms with Gasteiger partial charge >= 0.3 is 5.97 Å². The number of amides is 1. The summed E-state index contributed by atoms with van der Waals surface area (Å²) in [6.07, 6.45) is 19.2. The van der Waals surface area contributed by atoms with E-state index in [9.17, 15) is 24.9 Å². The van der Waals surface area contributed by atoms with Crippen LogP contribution in [0.4, 0.5) is 0 Å². The quantitative estimate of drug-likeness (QED) is 0.131. The minimum Gasteiger partial charge on any atom is -0.478 e. The van der Waals surface area contributed by atoms with E-state index in [1.54, 1.807) is 56.6 Å². The average Bonchev–Trinajstić information content (AvgIpc) is 3.37. The number of allylic oxidation sites excluding steroid dienone is 9. The van der Waals surface area contributed by atoms with Crippen LogP contribution in [-0.4, -0.2) is 88.4 Å². The van der Waals surface area contributed by atoms with E-state index in [1.807, 2.05) is 58.9 Å². The standard InChI is InChI=1S/C36H53NO9/c1-8-9-12-19-31-35(5,6)30(39)23-36(43,46-31)26(4)34(42)37-21-16-15-17-24(2)33(44-7)25(3)29-22-27(38)28(45-29)18-13-10-11-14-20-32(40)41/h8-20,25-31,33,38-39,43H,21-23H2,1-7H3,(H,37,42)(H,40,41)/b9-8+,11-10+,16-15+,18-13+,19-12+,20-14+,24-17-/t25?,26-,27?,28?,29?,30+,31+,33?,36+/m1/s1. The van der Waals surface area contributed by atoms with E-state index in [2.05, 4.69) is 5.32 Å². The van der Waals surface area contributed by atoms with Crippen LogP contribution in [0.3, 0.4) is 0 Å². The lowest BCUT2D eigenvalue weighted by atomic mass is 9.73. The topological polar surface area (TPSA) is 155 Å². The highest BCUT2D eigenvalue weighted by Gasteiger charge is 2.53. The van der Waals surface area contributed by atoms with Crippen molar-refractivity contribution in [3.8, 4) is 0 Å². The molecule has 0 aromatic carbocycles. The molecule has 0 aliphatic carbocycles. The highest BCUT2D eigenvalue weighted by molar-refractivity contribution is 5.80. The van der Waals surface area contributed by atoms with Gasteiger partial charge in [-0.2, -0.15) is 0 Å². The molecule has 5 N–H and O–H groups in total. The Morgan fingerprint density at radius 2 is 1.72 bits per heavy atom. The van der Waals surface area contributed by atoms with Gasteiger partial charge in [0.05, 0.1) is 36.4 Å². The number of hydrogen-bond acceptors (Lipinski definition) is 8. The van der Waals surface area contributed by atoms with Gasteiger partial charge in [0, 0.05) is 43.9 Å². The maximum Gasteiger partial charge on any atom is 0.328 e. The highest BCUT2D eigenvalue weighted by Crippen LogP contribution is 2.43. The number of hydrogen-bond donors (Lipinski definition) is 5. The molecule has 2 aliphatic rings. The third kappa shape index (κ3) is 11.0. The second kappa shape index (κ2) is 18.3. The van der Waals surface area contributed by atoms with Gasteiger partial charge in [0.2, 0.25) is 5.91 Å². The zero-order chi connectivity index (χ0) is 34.5. The normalized spacial score (nSPS) is 31.2. The number of carbonyl (C=O) groups is 2. The lowest BCUT2D eigenvalue weighted by Gasteiger charge is -2.50. The Labute approximate surface area is 273 Å². The molecule has 10 nitrogen and oxygen atoms in total. The number of carboxylic acids is 1. The van der Waals surface area contributed by atoms with Gasteiger partial charge in [-0.15, -0.1) is 0 Å². The van der Waals surface area contributed by atoms with Crippen LogP contribution in [0, 0.1) is 17.3 Å². The van der Waals surface area contributed by atoms with Gasteiger partial charge in [0.1, 0.15) is 6.10 Å². The van der Waals surface area contributed by atoms with Crippen LogP contribution in [0.2, 0.25) is 0 Å². The largest absolute Gasteiger partial charge is 0.478 e. The fraction of sp³-hybridized carbons (Fsp3) is 0.556. The third-order valence-corrected chi connectivity index (χ3v) is 8.78. The van der Waals surface area contributed by atoms with Crippen LogP contribution in [0.25, 0.3) is 0 Å². The minimum atomic E-state index is -1.83. The number of ether oxygens (including phenoxy) is 3. The Morgan fingerprint density at radius 1 is 1.04 bits per heavy atom. The second-order valence-electron chi connectivity index (χ2n) is 12.6. The summed E-state index contributed by atoms with van der Waals surface area (Å²) < 4.78 is 17.9. The highest BCUT2D eigenvalue weighted by atomic mass is 16.6. The number of carboxylic acid groups (broad SMARTS) is 1. The Balaban J connectivity index is 1.93. The molecule has 0 aromatic heterocycles. The first-order valence-corrected chi connectivity index (χ1v) is 15.8. The van der Waals surface area contributed by atoms with Gasteiger partial charge in [-0.05, 0) is 26.3 Å². The lowest BCUT2D eigenvalue weighted by Crippen LogP contribution is -2.60. The molecule has 2 fully saturated rings. The molecular formula is C36H53NO9. The van der Waals surface area contributed by atoms with E-state index in [0.29, 0.717) is 6.42 Å². The van der Waals surface area contributed by atoms with Gasteiger partial charge in [0.25, 0.3) is 0 Å². The Bertz CT molecular complexity index is 1210. The zero-order valence-corrected chi connectivity index (χ0v) is 28.1. The van der Waals surface area contributed by atoms with Crippen LogP contribution < -0.4 is 5.32 Å². The molecule has 256 valence electrons. The van der Waals surface area contributed by atoms with Crippen molar-refractivity contribution >= 4 is 11.9 Å². The Kier molecular flexibility index (Phi) is 15.5. The van der Waals surface area contributed by atoms with Gasteiger partial charge < -0.3 is 40.0 Å². The molecule has 0 radical (unpaired) electrons. The molecule has 5 unspecified atom stereocenters. The molecule has 10 heteroatoms. The number of rotatable bonds is 15. The minimum absolute atomic E-state index is 0.0643. The summed E-state index contributed by atoms with van der Waals surface area (Å²) in [4.78, 5) is 23.5. The molecular weight excluding hydrogens is 590 g/mol. The van der Waals surface area contributed by atoms with Crippen LogP contribution in [0.1, 0.15) is 54.4 Å². The van der Waals surface area contributed by atoms with E-state index in [-0.39, 0.29) is 31.1 Å². The number of aliphatic carboxylic acids is 1. The number of nitrogens with one attached hydrogen (secondary N) is 1. The van der Waals surface area contributed by atoms with Crippen molar-refractivity contribution in [2.24, 2.45) is 17.3 Å². The molecule has 0 aromatic rings. The van der Waals surface area contributed by atoms with E-state index >= 15 is 0 Å². The van der Waals surface area contributed by atoms with Gasteiger partial charge in [-0.1, -0.05) is 93.7 Å². The summed E-state index contributed by atoms with van der Waals surface area (Å²) in [5.74, 6) is -4.24. The molecule has 46 heavy (non-hydrogen) atoms. The molecule has 0 bridgehead atoms. The molecule has 2 rings (SSSR count). The van der Waals surface area contributed by atoms with Crippen molar-refractivity contribution in [3.05, 3.63) is 84.6 Å². The fourth-order valence-corrected chi connectivity index (χ4v) is 5.57. The zero-order valence-electron chi connectivity index (χ0n) is 28.1. The monoisotopic (exact) mass is 643 g/mol. The summed E-state index contributed by atoms with van der Waals surface area (Å²) in [6.45, 7) is 11.4. The first-order chi connectivity index (χ1) is 21.7. The lowest BCUT2D eigenvalue weighted by molar-refractivity contribution is -0.312. The van der Waals surface area contributed by atoms with Crippen molar-refractivity contribution in [1.82, 2.24) is 5.32 Å². The Morgan fingerprint density at radius 3 is 2.37 bits per heavy atom. The molecule has 0 saturated carbocycles. The van der Waals surface area contributed by atoms with Crippen LogP contribution >= 0.6 is 0 Å². The van der Waals surface area contributed by atoms with Crippen LogP contribution in [0.5, 0.6) is 0 Å². The predicted molar refractivity (Wildman–Crippen MR) is 178 cm³/mol.